The minimum atomic E-state index is -0.338. The monoisotopic (exact) mass is 363 g/mol. The molecule has 1 fully saturated rings. The lowest BCUT2D eigenvalue weighted by atomic mass is 9.87. The van der Waals surface area contributed by atoms with Gasteiger partial charge in [0, 0.05) is 25.5 Å². The van der Waals surface area contributed by atoms with Crippen LogP contribution in [0.15, 0.2) is 42.7 Å². The highest BCUT2D eigenvalue weighted by atomic mass is 35.5. The van der Waals surface area contributed by atoms with Crippen molar-refractivity contribution in [3.8, 4) is 0 Å². The fourth-order valence-corrected chi connectivity index (χ4v) is 3.70. The predicted molar refractivity (Wildman–Crippen MR) is 95.9 cm³/mol. The van der Waals surface area contributed by atoms with E-state index in [-0.39, 0.29) is 23.9 Å². The topological polar surface area (TPSA) is 36.4 Å². The molecule has 1 saturated heterocycles. The number of carbonyl (C=O) groups excluding carboxylic acids is 1. The first-order chi connectivity index (χ1) is 11.4. The predicted octanol–water partition coefficient (Wildman–Crippen LogP) is 4.31. The Morgan fingerprint density at radius 1 is 1.04 bits per heavy atom. The van der Waals surface area contributed by atoms with Crippen LogP contribution >= 0.6 is 23.2 Å². The van der Waals surface area contributed by atoms with E-state index in [1.54, 1.807) is 29.5 Å². The molecule has 4 nitrogen and oxygen atoms in total. The number of likely N-dealkylation sites (N-methyl/N-ethyl adjacent to an activating group) is 1. The Kier molecular flexibility index (Phi) is 4.81. The summed E-state index contributed by atoms with van der Waals surface area (Å²) < 4.78 is 0. The second-order valence-corrected chi connectivity index (χ2v) is 7.03. The minimum absolute atomic E-state index is 0.0453. The third-order valence-corrected chi connectivity index (χ3v) is 5.15. The number of pyridine rings is 1. The van der Waals surface area contributed by atoms with E-state index in [1.165, 1.54) is 0 Å². The van der Waals surface area contributed by atoms with E-state index < -0.39 is 0 Å². The molecule has 2 aromatic rings. The van der Waals surface area contributed by atoms with Crippen molar-refractivity contribution in [1.29, 1.82) is 0 Å². The van der Waals surface area contributed by atoms with Crippen LogP contribution in [-0.4, -0.2) is 34.0 Å². The highest BCUT2D eigenvalue weighted by Crippen LogP contribution is 2.45. The van der Waals surface area contributed by atoms with Crippen LogP contribution in [0.25, 0.3) is 0 Å². The zero-order chi connectivity index (χ0) is 17.4. The van der Waals surface area contributed by atoms with Crippen LogP contribution in [0.1, 0.15) is 36.9 Å². The van der Waals surface area contributed by atoms with Gasteiger partial charge in [0.1, 0.15) is 0 Å². The molecule has 1 aromatic carbocycles. The first-order valence-electron chi connectivity index (χ1n) is 7.82. The summed E-state index contributed by atoms with van der Waals surface area (Å²) in [5.41, 5.74) is 1.92. The summed E-state index contributed by atoms with van der Waals surface area (Å²) in [6, 6.07) is 9.39. The highest BCUT2D eigenvalue weighted by Gasteiger charge is 2.47. The second kappa shape index (κ2) is 6.71. The van der Waals surface area contributed by atoms with Gasteiger partial charge in [-0.05, 0) is 49.2 Å². The third-order valence-electron chi connectivity index (χ3n) is 4.41. The van der Waals surface area contributed by atoms with Crippen LogP contribution < -0.4 is 0 Å². The molecule has 1 amide bonds. The Bertz CT molecular complexity index is 751. The summed E-state index contributed by atoms with van der Waals surface area (Å²) in [6.07, 6.45) is 3.51. The number of rotatable bonds is 3. The lowest BCUT2D eigenvalue weighted by Gasteiger charge is -2.33. The van der Waals surface area contributed by atoms with Gasteiger partial charge in [0.2, 0.25) is 5.91 Å². The molecule has 1 aliphatic rings. The number of hydrogen-bond donors (Lipinski definition) is 0. The molecule has 1 aliphatic heterocycles. The quantitative estimate of drug-likeness (QED) is 0.814. The summed E-state index contributed by atoms with van der Waals surface area (Å²) >= 11 is 12.2. The number of hydrogen-bond acceptors (Lipinski definition) is 3. The standard InChI is InChI=1S/C18H19Cl2N3O/c1-11(2)23-17(12-6-8-21-9-7-12)16(18(24)22(23)3)13-4-5-14(19)15(20)10-13/h4-11,16-17H,1-3H3. The molecule has 0 spiro atoms. The Hall–Kier alpha value is -1.62. The van der Waals surface area contributed by atoms with Crippen molar-refractivity contribution in [3.05, 3.63) is 63.9 Å². The average Bonchev–Trinajstić information content (AvgIpc) is 2.83. The molecule has 1 aromatic heterocycles. The number of carbonyl (C=O) groups is 1. The highest BCUT2D eigenvalue weighted by molar-refractivity contribution is 6.42. The van der Waals surface area contributed by atoms with Gasteiger partial charge in [0.05, 0.1) is 22.0 Å². The number of amides is 1. The first-order valence-corrected chi connectivity index (χ1v) is 8.58. The smallest absolute Gasteiger partial charge is 0.246 e. The zero-order valence-electron chi connectivity index (χ0n) is 13.8. The van der Waals surface area contributed by atoms with E-state index in [4.69, 9.17) is 23.2 Å². The molecule has 0 bridgehead atoms. The number of nitrogens with zero attached hydrogens (tertiary/aromatic N) is 3. The lowest BCUT2D eigenvalue weighted by molar-refractivity contribution is -0.138. The number of aromatic nitrogens is 1. The Morgan fingerprint density at radius 2 is 1.71 bits per heavy atom. The van der Waals surface area contributed by atoms with Crippen molar-refractivity contribution < 1.29 is 4.79 Å². The van der Waals surface area contributed by atoms with Crippen molar-refractivity contribution in [2.24, 2.45) is 0 Å². The molecule has 3 rings (SSSR count). The van der Waals surface area contributed by atoms with Crippen LogP contribution in [0, 0.1) is 0 Å². The van der Waals surface area contributed by atoms with Crippen LogP contribution in [-0.2, 0) is 4.79 Å². The zero-order valence-corrected chi connectivity index (χ0v) is 15.3. The maximum Gasteiger partial charge on any atom is 0.246 e. The van der Waals surface area contributed by atoms with E-state index >= 15 is 0 Å². The van der Waals surface area contributed by atoms with Crippen LogP contribution in [0.5, 0.6) is 0 Å². The van der Waals surface area contributed by atoms with Gasteiger partial charge in [0.15, 0.2) is 0 Å². The van der Waals surface area contributed by atoms with Crippen molar-refractivity contribution in [2.45, 2.75) is 31.8 Å². The average molecular weight is 364 g/mol. The fourth-order valence-electron chi connectivity index (χ4n) is 3.39. The Balaban J connectivity index is 2.13. The molecule has 2 atom stereocenters. The fraction of sp³-hybridized carbons (Fsp3) is 0.333. The molecule has 2 unspecified atom stereocenters. The SMILES string of the molecule is CC(C)N1C(c2ccncc2)C(c2ccc(Cl)c(Cl)c2)C(=O)N1C. The number of benzene rings is 1. The van der Waals surface area contributed by atoms with Crippen LogP contribution in [0.4, 0.5) is 0 Å². The van der Waals surface area contributed by atoms with E-state index in [9.17, 15) is 4.79 Å². The summed E-state index contributed by atoms with van der Waals surface area (Å²) in [7, 11) is 1.81. The summed E-state index contributed by atoms with van der Waals surface area (Å²) in [4.78, 5) is 17.1. The van der Waals surface area contributed by atoms with E-state index in [1.807, 2.05) is 25.2 Å². The van der Waals surface area contributed by atoms with Gasteiger partial charge in [-0.2, -0.15) is 0 Å². The van der Waals surface area contributed by atoms with Crippen LogP contribution in [0.2, 0.25) is 10.0 Å². The van der Waals surface area contributed by atoms with Crippen molar-refractivity contribution in [3.63, 3.8) is 0 Å². The maximum atomic E-state index is 13.0. The molecule has 0 N–H and O–H groups in total. The summed E-state index contributed by atoms with van der Waals surface area (Å²) in [5, 5.41) is 4.76. The number of hydrazine groups is 1. The van der Waals surface area contributed by atoms with E-state index in [2.05, 4.69) is 23.8 Å². The van der Waals surface area contributed by atoms with Gasteiger partial charge in [-0.15, -0.1) is 0 Å². The van der Waals surface area contributed by atoms with Gasteiger partial charge in [0.25, 0.3) is 0 Å². The Morgan fingerprint density at radius 3 is 2.29 bits per heavy atom. The molecule has 6 heteroatoms. The van der Waals surface area contributed by atoms with E-state index in [0.717, 1.165) is 11.1 Å². The maximum absolute atomic E-state index is 13.0. The molecular weight excluding hydrogens is 345 g/mol. The van der Waals surface area contributed by atoms with Crippen molar-refractivity contribution >= 4 is 29.1 Å². The Labute approximate surface area is 152 Å². The number of halogens is 2. The summed E-state index contributed by atoms with van der Waals surface area (Å²) in [6.45, 7) is 4.16. The normalized spacial score (nSPS) is 21.8. The molecule has 0 aliphatic carbocycles. The molecule has 2 heterocycles. The van der Waals surface area contributed by atoms with E-state index in [0.29, 0.717) is 10.0 Å². The van der Waals surface area contributed by atoms with Gasteiger partial charge < -0.3 is 0 Å². The molecule has 0 radical (unpaired) electrons. The van der Waals surface area contributed by atoms with Crippen LogP contribution in [0.3, 0.4) is 0 Å². The second-order valence-electron chi connectivity index (χ2n) is 6.21. The molecule has 24 heavy (non-hydrogen) atoms. The molecule has 126 valence electrons. The van der Waals surface area contributed by atoms with Gasteiger partial charge in [-0.1, -0.05) is 29.3 Å². The molecule has 0 saturated carbocycles. The minimum Gasteiger partial charge on any atom is -0.277 e. The third kappa shape index (κ3) is 2.90. The van der Waals surface area contributed by atoms with Crippen molar-refractivity contribution in [2.75, 3.05) is 7.05 Å². The lowest BCUT2D eigenvalue weighted by Crippen LogP contribution is -2.41. The van der Waals surface area contributed by atoms with Crippen molar-refractivity contribution in [1.82, 2.24) is 15.0 Å². The van der Waals surface area contributed by atoms with Gasteiger partial charge in [-0.25, -0.2) is 5.01 Å². The molecular formula is C18H19Cl2N3O. The van der Waals surface area contributed by atoms with Gasteiger partial charge in [-0.3, -0.25) is 14.8 Å². The largest absolute Gasteiger partial charge is 0.277 e. The first kappa shape index (κ1) is 17.2. The van der Waals surface area contributed by atoms with Gasteiger partial charge >= 0.3 is 0 Å². The summed E-state index contributed by atoms with van der Waals surface area (Å²) in [5.74, 6) is -0.293.